The first-order valence-electron chi connectivity index (χ1n) is 9.18. The number of fused-ring (bicyclic) bond motifs is 1. The number of halogens is 1. The van der Waals surface area contributed by atoms with E-state index in [9.17, 15) is 9.59 Å². The third kappa shape index (κ3) is 3.99. The van der Waals surface area contributed by atoms with Gasteiger partial charge in [0.2, 0.25) is 0 Å². The van der Waals surface area contributed by atoms with Crippen LogP contribution in [0.2, 0.25) is 5.02 Å². The summed E-state index contributed by atoms with van der Waals surface area (Å²) >= 11 is 7.72. The van der Waals surface area contributed by atoms with Crippen molar-refractivity contribution in [2.45, 2.75) is 49.7 Å². The molecule has 142 valence electrons. The molecule has 2 heterocycles. The predicted octanol–water partition coefficient (Wildman–Crippen LogP) is 3.66. The molecule has 0 spiro atoms. The number of nitrogens with one attached hydrogen (secondary N) is 2. The zero-order valence-corrected chi connectivity index (χ0v) is 16.4. The molecule has 2 aliphatic rings. The van der Waals surface area contributed by atoms with Crippen LogP contribution in [0, 0.1) is 0 Å². The van der Waals surface area contributed by atoms with E-state index in [1.165, 1.54) is 6.42 Å². The predicted molar refractivity (Wildman–Crippen MR) is 107 cm³/mol. The lowest BCUT2D eigenvalue weighted by Gasteiger charge is -2.22. The Balaban J connectivity index is 1.54. The van der Waals surface area contributed by atoms with Crippen LogP contribution in [0.5, 0.6) is 0 Å². The number of aromatic nitrogens is 2. The van der Waals surface area contributed by atoms with Crippen molar-refractivity contribution in [2.24, 2.45) is 0 Å². The SMILES string of the molecule is O=C(Nc1c2c(nn1-c1ccc(Cl)cc1)CSC2)C(=O)NC1CCCCC1. The van der Waals surface area contributed by atoms with Gasteiger partial charge in [-0.05, 0) is 37.1 Å². The number of nitrogens with zero attached hydrogens (tertiary/aromatic N) is 2. The number of amides is 2. The van der Waals surface area contributed by atoms with E-state index in [0.717, 1.165) is 54.1 Å². The molecule has 27 heavy (non-hydrogen) atoms. The quantitative estimate of drug-likeness (QED) is 0.765. The molecule has 1 saturated carbocycles. The molecule has 1 aliphatic carbocycles. The summed E-state index contributed by atoms with van der Waals surface area (Å²) in [6.07, 6.45) is 5.27. The van der Waals surface area contributed by atoms with E-state index in [0.29, 0.717) is 10.8 Å². The summed E-state index contributed by atoms with van der Waals surface area (Å²) in [5.41, 5.74) is 2.72. The van der Waals surface area contributed by atoms with Gasteiger partial charge in [0.05, 0.1) is 11.4 Å². The van der Waals surface area contributed by atoms with Crippen molar-refractivity contribution in [3.8, 4) is 5.69 Å². The molecule has 2 N–H and O–H groups in total. The Kier molecular flexibility index (Phi) is 5.41. The Hall–Kier alpha value is -1.99. The van der Waals surface area contributed by atoms with Crippen molar-refractivity contribution in [3.63, 3.8) is 0 Å². The molecule has 0 atom stereocenters. The van der Waals surface area contributed by atoms with Crippen LogP contribution in [-0.2, 0) is 21.1 Å². The zero-order chi connectivity index (χ0) is 18.8. The van der Waals surface area contributed by atoms with Crippen molar-refractivity contribution in [3.05, 3.63) is 40.5 Å². The van der Waals surface area contributed by atoms with Crippen LogP contribution in [-0.4, -0.2) is 27.6 Å². The summed E-state index contributed by atoms with van der Waals surface area (Å²) in [7, 11) is 0. The molecule has 0 saturated heterocycles. The van der Waals surface area contributed by atoms with Crippen molar-refractivity contribution >= 4 is 41.0 Å². The fourth-order valence-electron chi connectivity index (χ4n) is 3.57. The third-order valence-electron chi connectivity index (χ3n) is 5.00. The van der Waals surface area contributed by atoms with Crippen molar-refractivity contribution in [2.75, 3.05) is 5.32 Å². The van der Waals surface area contributed by atoms with Gasteiger partial charge in [-0.25, -0.2) is 4.68 Å². The molecule has 0 unspecified atom stereocenters. The molecule has 4 rings (SSSR count). The molecule has 1 aromatic carbocycles. The van der Waals surface area contributed by atoms with Crippen LogP contribution < -0.4 is 10.6 Å². The fraction of sp³-hybridized carbons (Fsp3) is 0.421. The van der Waals surface area contributed by atoms with Gasteiger partial charge in [0, 0.05) is 28.1 Å². The Morgan fingerprint density at radius 2 is 1.81 bits per heavy atom. The van der Waals surface area contributed by atoms with E-state index in [-0.39, 0.29) is 6.04 Å². The summed E-state index contributed by atoms with van der Waals surface area (Å²) in [6.45, 7) is 0. The number of hydrogen-bond acceptors (Lipinski definition) is 4. The second-order valence-electron chi connectivity index (χ2n) is 6.92. The summed E-state index contributed by atoms with van der Waals surface area (Å²) in [5.74, 6) is 0.914. The maximum absolute atomic E-state index is 12.5. The Labute approximate surface area is 167 Å². The van der Waals surface area contributed by atoms with Gasteiger partial charge in [-0.3, -0.25) is 9.59 Å². The molecule has 2 aromatic rings. The number of rotatable bonds is 3. The minimum atomic E-state index is -0.643. The highest BCUT2D eigenvalue weighted by Gasteiger charge is 2.27. The Morgan fingerprint density at radius 1 is 1.07 bits per heavy atom. The lowest BCUT2D eigenvalue weighted by atomic mass is 9.95. The second-order valence-corrected chi connectivity index (χ2v) is 8.34. The maximum Gasteiger partial charge on any atom is 0.314 e. The lowest BCUT2D eigenvalue weighted by Crippen LogP contribution is -2.42. The molecule has 8 heteroatoms. The smallest absolute Gasteiger partial charge is 0.314 e. The number of hydrogen-bond donors (Lipinski definition) is 2. The average molecular weight is 405 g/mol. The van der Waals surface area contributed by atoms with Gasteiger partial charge in [-0.2, -0.15) is 16.9 Å². The van der Waals surface area contributed by atoms with E-state index in [1.54, 1.807) is 28.6 Å². The molecule has 2 amide bonds. The molecule has 0 radical (unpaired) electrons. The van der Waals surface area contributed by atoms with Gasteiger partial charge < -0.3 is 10.6 Å². The lowest BCUT2D eigenvalue weighted by molar-refractivity contribution is -0.136. The van der Waals surface area contributed by atoms with Crippen LogP contribution in [0.25, 0.3) is 5.69 Å². The largest absolute Gasteiger partial charge is 0.345 e. The number of thioether (sulfide) groups is 1. The van der Waals surface area contributed by atoms with Crippen LogP contribution in [0.4, 0.5) is 5.82 Å². The van der Waals surface area contributed by atoms with E-state index >= 15 is 0 Å². The van der Waals surface area contributed by atoms with Crippen LogP contribution in [0.15, 0.2) is 24.3 Å². The Bertz CT molecular complexity index is 859. The minimum Gasteiger partial charge on any atom is -0.345 e. The van der Waals surface area contributed by atoms with Gasteiger partial charge in [-0.15, -0.1) is 0 Å². The summed E-state index contributed by atoms with van der Waals surface area (Å²) in [4.78, 5) is 24.9. The maximum atomic E-state index is 12.5. The highest BCUT2D eigenvalue weighted by atomic mass is 35.5. The van der Waals surface area contributed by atoms with Crippen molar-refractivity contribution < 1.29 is 9.59 Å². The first kappa shape index (κ1) is 18.4. The molecule has 0 bridgehead atoms. The fourth-order valence-corrected chi connectivity index (χ4v) is 4.73. The number of carbonyl (C=O) groups is 2. The average Bonchev–Trinajstić information content (AvgIpc) is 3.26. The third-order valence-corrected chi connectivity index (χ3v) is 6.22. The van der Waals surface area contributed by atoms with Crippen LogP contribution in [0.1, 0.15) is 43.4 Å². The molecule has 1 aromatic heterocycles. The number of carbonyl (C=O) groups excluding carboxylic acids is 2. The van der Waals surface area contributed by atoms with Gasteiger partial charge in [0.25, 0.3) is 0 Å². The van der Waals surface area contributed by atoms with Gasteiger partial charge in [0.1, 0.15) is 5.82 Å². The standard InChI is InChI=1S/C19H21ClN4O2S/c20-12-6-8-14(9-7-12)24-17(15-10-27-11-16(15)23-24)22-19(26)18(25)21-13-4-2-1-3-5-13/h6-9,13H,1-5,10-11H2,(H,21,25)(H,22,26). The molecule has 6 nitrogen and oxygen atoms in total. The topological polar surface area (TPSA) is 76.0 Å². The van der Waals surface area contributed by atoms with Gasteiger partial charge in [-0.1, -0.05) is 30.9 Å². The van der Waals surface area contributed by atoms with Crippen molar-refractivity contribution in [1.82, 2.24) is 15.1 Å². The first-order chi connectivity index (χ1) is 13.1. The highest BCUT2D eigenvalue weighted by molar-refractivity contribution is 7.98. The summed E-state index contributed by atoms with van der Waals surface area (Å²) in [6, 6.07) is 7.34. The van der Waals surface area contributed by atoms with E-state index in [4.69, 9.17) is 11.6 Å². The van der Waals surface area contributed by atoms with E-state index < -0.39 is 11.8 Å². The van der Waals surface area contributed by atoms with Crippen molar-refractivity contribution in [1.29, 1.82) is 0 Å². The molecular formula is C19H21ClN4O2S. The highest BCUT2D eigenvalue weighted by Crippen LogP contribution is 2.36. The van der Waals surface area contributed by atoms with Crippen LogP contribution >= 0.6 is 23.4 Å². The Morgan fingerprint density at radius 3 is 2.56 bits per heavy atom. The summed E-state index contributed by atoms with van der Waals surface area (Å²) < 4.78 is 1.69. The minimum absolute atomic E-state index is 0.0967. The number of benzene rings is 1. The molecular weight excluding hydrogens is 384 g/mol. The zero-order valence-electron chi connectivity index (χ0n) is 14.8. The molecule has 1 fully saturated rings. The molecule has 1 aliphatic heterocycles. The van der Waals surface area contributed by atoms with Gasteiger partial charge in [0.15, 0.2) is 0 Å². The monoisotopic (exact) mass is 404 g/mol. The van der Waals surface area contributed by atoms with Gasteiger partial charge >= 0.3 is 11.8 Å². The van der Waals surface area contributed by atoms with E-state index in [1.807, 2.05) is 12.1 Å². The summed E-state index contributed by atoms with van der Waals surface area (Å²) in [5, 5.41) is 10.9. The normalized spacial score (nSPS) is 16.8. The van der Waals surface area contributed by atoms with Crippen LogP contribution in [0.3, 0.4) is 0 Å². The first-order valence-corrected chi connectivity index (χ1v) is 10.7. The number of anilines is 1. The van der Waals surface area contributed by atoms with E-state index in [2.05, 4.69) is 15.7 Å². The second kappa shape index (κ2) is 7.94.